The Labute approximate surface area is 162 Å². The number of rotatable bonds is 7. The van der Waals surface area contributed by atoms with E-state index in [9.17, 15) is 4.79 Å². The van der Waals surface area contributed by atoms with Crippen molar-refractivity contribution in [2.45, 2.75) is 19.4 Å². The van der Waals surface area contributed by atoms with Gasteiger partial charge in [-0.2, -0.15) is 4.98 Å². The van der Waals surface area contributed by atoms with Crippen molar-refractivity contribution in [1.29, 1.82) is 0 Å². The van der Waals surface area contributed by atoms with Gasteiger partial charge in [0, 0.05) is 24.1 Å². The van der Waals surface area contributed by atoms with E-state index in [-0.39, 0.29) is 12.5 Å². The van der Waals surface area contributed by atoms with Crippen LogP contribution in [0.4, 0.5) is 0 Å². The summed E-state index contributed by atoms with van der Waals surface area (Å²) in [5, 5.41) is 4.56. The van der Waals surface area contributed by atoms with Gasteiger partial charge in [0.2, 0.25) is 17.6 Å². The van der Waals surface area contributed by atoms with E-state index in [0.717, 1.165) is 16.9 Å². The first-order chi connectivity index (χ1) is 13.0. The number of methoxy groups -OCH3 is 1. The van der Waals surface area contributed by atoms with Gasteiger partial charge >= 0.3 is 0 Å². The number of halogens is 1. The molecule has 6 nitrogen and oxygen atoms in total. The van der Waals surface area contributed by atoms with E-state index >= 15 is 0 Å². The number of nitrogens with zero attached hydrogens (tertiary/aromatic N) is 3. The van der Waals surface area contributed by atoms with Crippen LogP contribution in [0.25, 0.3) is 11.4 Å². The molecule has 1 aromatic heterocycles. The zero-order chi connectivity index (χ0) is 19.2. The molecule has 3 rings (SSSR count). The summed E-state index contributed by atoms with van der Waals surface area (Å²) in [5.74, 6) is 1.64. The highest BCUT2D eigenvalue weighted by Crippen LogP contribution is 2.20. The number of hydrogen-bond acceptors (Lipinski definition) is 5. The smallest absolute Gasteiger partial charge is 0.246 e. The Bertz CT molecular complexity index is 909. The van der Waals surface area contributed by atoms with Gasteiger partial charge in [-0.25, -0.2) is 0 Å². The molecule has 0 atom stereocenters. The molecule has 3 aromatic rings. The van der Waals surface area contributed by atoms with E-state index in [1.54, 1.807) is 31.2 Å². The summed E-state index contributed by atoms with van der Waals surface area (Å²) in [7, 11) is 3.35. The first kappa shape index (κ1) is 18.9. The van der Waals surface area contributed by atoms with Crippen molar-refractivity contribution < 1.29 is 14.1 Å². The van der Waals surface area contributed by atoms with Crippen LogP contribution >= 0.6 is 11.6 Å². The molecule has 7 heteroatoms. The minimum absolute atomic E-state index is 0.00771. The highest BCUT2D eigenvalue weighted by Gasteiger charge is 2.15. The van der Waals surface area contributed by atoms with Crippen LogP contribution in [0.2, 0.25) is 5.02 Å². The lowest BCUT2D eigenvalue weighted by atomic mass is 10.1. The van der Waals surface area contributed by atoms with E-state index in [0.29, 0.717) is 29.6 Å². The largest absolute Gasteiger partial charge is 0.497 e. The van der Waals surface area contributed by atoms with Crippen molar-refractivity contribution in [3.8, 4) is 17.1 Å². The molecule has 27 heavy (non-hydrogen) atoms. The highest BCUT2D eigenvalue weighted by atomic mass is 35.5. The SMILES string of the molecule is COc1ccc(CCC(=O)N(C)Cc2nc(-c3cccc(Cl)c3)no2)cc1. The van der Waals surface area contributed by atoms with Gasteiger partial charge in [0.25, 0.3) is 0 Å². The van der Waals surface area contributed by atoms with Crippen molar-refractivity contribution in [2.24, 2.45) is 0 Å². The van der Waals surface area contributed by atoms with E-state index in [1.165, 1.54) is 0 Å². The molecule has 0 unspecified atom stereocenters. The summed E-state index contributed by atoms with van der Waals surface area (Å²) in [4.78, 5) is 18.3. The molecule has 0 saturated heterocycles. The summed E-state index contributed by atoms with van der Waals surface area (Å²) >= 11 is 5.98. The zero-order valence-electron chi connectivity index (χ0n) is 15.2. The molecule has 0 saturated carbocycles. The van der Waals surface area contributed by atoms with Crippen molar-refractivity contribution in [3.05, 3.63) is 65.0 Å². The highest BCUT2D eigenvalue weighted by molar-refractivity contribution is 6.30. The maximum Gasteiger partial charge on any atom is 0.246 e. The number of aryl methyl sites for hydroxylation is 1. The fourth-order valence-electron chi connectivity index (χ4n) is 2.59. The monoisotopic (exact) mass is 385 g/mol. The fraction of sp³-hybridized carbons (Fsp3) is 0.250. The molecule has 0 aliphatic rings. The third kappa shape index (κ3) is 5.08. The molecule has 0 aliphatic carbocycles. The lowest BCUT2D eigenvalue weighted by Gasteiger charge is -2.14. The summed E-state index contributed by atoms with van der Waals surface area (Å²) < 4.78 is 10.4. The summed E-state index contributed by atoms with van der Waals surface area (Å²) in [6.07, 6.45) is 1.06. The molecule has 0 spiro atoms. The summed E-state index contributed by atoms with van der Waals surface area (Å²) in [6.45, 7) is 0.259. The van der Waals surface area contributed by atoms with Gasteiger partial charge in [0.15, 0.2) is 0 Å². The minimum atomic E-state index is 0.00771. The Morgan fingerprint density at radius 3 is 2.70 bits per heavy atom. The van der Waals surface area contributed by atoms with Gasteiger partial charge in [0.1, 0.15) is 5.75 Å². The second kappa shape index (κ2) is 8.68. The van der Waals surface area contributed by atoms with Gasteiger partial charge in [-0.1, -0.05) is 41.0 Å². The fourth-order valence-corrected chi connectivity index (χ4v) is 2.78. The van der Waals surface area contributed by atoms with E-state index in [2.05, 4.69) is 10.1 Å². The average Bonchev–Trinajstić information content (AvgIpc) is 3.15. The summed E-state index contributed by atoms with van der Waals surface area (Å²) in [6, 6.07) is 14.9. The third-order valence-corrected chi connectivity index (χ3v) is 4.37. The van der Waals surface area contributed by atoms with Crippen LogP contribution in [0.15, 0.2) is 53.1 Å². The Morgan fingerprint density at radius 1 is 1.22 bits per heavy atom. The number of hydrogen-bond donors (Lipinski definition) is 0. The molecule has 0 N–H and O–H groups in total. The number of carbonyl (C=O) groups is 1. The first-order valence-corrected chi connectivity index (χ1v) is 8.88. The van der Waals surface area contributed by atoms with Crippen molar-refractivity contribution >= 4 is 17.5 Å². The van der Waals surface area contributed by atoms with Crippen molar-refractivity contribution in [2.75, 3.05) is 14.2 Å². The van der Waals surface area contributed by atoms with Crippen LogP contribution in [0.3, 0.4) is 0 Å². The summed E-state index contributed by atoms with van der Waals surface area (Å²) in [5.41, 5.74) is 1.85. The van der Waals surface area contributed by atoms with Crippen LogP contribution in [0.5, 0.6) is 5.75 Å². The Balaban J connectivity index is 1.55. The van der Waals surface area contributed by atoms with Gasteiger partial charge in [-0.3, -0.25) is 4.79 Å². The van der Waals surface area contributed by atoms with Gasteiger partial charge in [0.05, 0.1) is 13.7 Å². The maximum atomic E-state index is 12.4. The second-order valence-electron chi connectivity index (χ2n) is 6.12. The van der Waals surface area contributed by atoms with E-state index in [4.69, 9.17) is 20.9 Å². The molecule has 0 fully saturated rings. The predicted molar refractivity (Wildman–Crippen MR) is 103 cm³/mol. The van der Waals surface area contributed by atoms with E-state index < -0.39 is 0 Å². The zero-order valence-corrected chi connectivity index (χ0v) is 15.9. The number of amides is 1. The van der Waals surface area contributed by atoms with E-state index in [1.807, 2.05) is 36.4 Å². The number of aromatic nitrogens is 2. The van der Waals surface area contributed by atoms with Crippen LogP contribution in [0.1, 0.15) is 17.9 Å². The lowest BCUT2D eigenvalue weighted by molar-refractivity contribution is -0.130. The third-order valence-electron chi connectivity index (χ3n) is 4.14. The van der Waals surface area contributed by atoms with Crippen molar-refractivity contribution in [3.63, 3.8) is 0 Å². The molecule has 0 radical (unpaired) electrons. The molecular weight excluding hydrogens is 366 g/mol. The van der Waals surface area contributed by atoms with Crippen molar-refractivity contribution in [1.82, 2.24) is 15.0 Å². The van der Waals surface area contributed by atoms with Crippen LogP contribution in [0, 0.1) is 0 Å². The topological polar surface area (TPSA) is 68.5 Å². The number of carbonyl (C=O) groups excluding carboxylic acids is 1. The van der Waals surface area contributed by atoms with Gasteiger partial charge < -0.3 is 14.2 Å². The molecule has 0 bridgehead atoms. The van der Waals surface area contributed by atoms with Crippen LogP contribution < -0.4 is 4.74 Å². The van der Waals surface area contributed by atoms with Gasteiger partial charge in [-0.15, -0.1) is 0 Å². The van der Waals surface area contributed by atoms with Gasteiger partial charge in [-0.05, 0) is 36.2 Å². The molecular formula is C20H20ClN3O3. The number of ether oxygens (including phenoxy) is 1. The first-order valence-electron chi connectivity index (χ1n) is 8.50. The normalized spacial score (nSPS) is 10.6. The molecule has 140 valence electrons. The number of benzene rings is 2. The molecule has 0 aliphatic heterocycles. The minimum Gasteiger partial charge on any atom is -0.497 e. The maximum absolute atomic E-state index is 12.4. The molecule has 1 heterocycles. The van der Waals surface area contributed by atoms with Crippen LogP contribution in [-0.4, -0.2) is 35.1 Å². The standard InChI is InChI=1S/C20H20ClN3O3/c1-24(19(25)11-8-14-6-9-17(26-2)10-7-14)13-18-22-20(23-27-18)15-4-3-5-16(21)12-15/h3-7,9-10,12H,8,11,13H2,1-2H3. The second-order valence-corrected chi connectivity index (χ2v) is 6.56. The average molecular weight is 386 g/mol. The Hall–Kier alpha value is -2.86. The lowest BCUT2D eigenvalue weighted by Crippen LogP contribution is -2.26. The molecule has 1 amide bonds. The Morgan fingerprint density at radius 2 is 2.00 bits per heavy atom. The van der Waals surface area contributed by atoms with Crippen LogP contribution in [-0.2, 0) is 17.8 Å². The Kier molecular flexibility index (Phi) is 6.08. The molecule has 2 aromatic carbocycles. The predicted octanol–water partition coefficient (Wildman–Crippen LogP) is 3.99. The quantitative estimate of drug-likeness (QED) is 0.615.